The van der Waals surface area contributed by atoms with E-state index < -0.39 is 17.0 Å². The van der Waals surface area contributed by atoms with Crippen LogP contribution in [0.2, 0.25) is 0 Å². The molecule has 0 radical (unpaired) electrons. The van der Waals surface area contributed by atoms with Gasteiger partial charge in [0.15, 0.2) is 9.84 Å². The predicted molar refractivity (Wildman–Crippen MR) is 57.1 cm³/mol. The van der Waals surface area contributed by atoms with Crippen LogP contribution >= 0.6 is 15.9 Å². The van der Waals surface area contributed by atoms with Crippen LogP contribution in [0.5, 0.6) is 0 Å². The summed E-state index contributed by atoms with van der Waals surface area (Å²) in [5.41, 5.74) is 0.147. The largest absolute Gasteiger partial charge is 0.488 e. The molecule has 2 N–H and O–H groups in total. The quantitative estimate of drug-likeness (QED) is 0.718. The SMILES string of the molecule is CS(=O)(=O)c1cc(B(O)O)ccc1Br. The van der Waals surface area contributed by atoms with Gasteiger partial charge in [-0.3, -0.25) is 0 Å². The van der Waals surface area contributed by atoms with Gasteiger partial charge in [0.05, 0.1) is 4.90 Å². The van der Waals surface area contributed by atoms with Gasteiger partial charge in [0, 0.05) is 10.7 Å². The first-order chi connectivity index (χ1) is 6.32. The van der Waals surface area contributed by atoms with Gasteiger partial charge in [-0.1, -0.05) is 6.07 Å². The Morgan fingerprint density at radius 2 is 1.93 bits per heavy atom. The molecule has 0 aliphatic rings. The standard InChI is InChI=1S/C7H8BBrO4S/c1-14(12,13)7-4-5(8(10)11)2-3-6(7)9/h2-4,10-11H,1H3. The van der Waals surface area contributed by atoms with Gasteiger partial charge in [-0.25, -0.2) is 8.42 Å². The van der Waals surface area contributed by atoms with E-state index in [1.807, 2.05) is 0 Å². The first-order valence-electron chi connectivity index (χ1n) is 3.68. The van der Waals surface area contributed by atoms with Crippen LogP contribution in [-0.4, -0.2) is 31.8 Å². The molecule has 0 spiro atoms. The fourth-order valence-electron chi connectivity index (χ4n) is 0.965. The first-order valence-corrected chi connectivity index (χ1v) is 6.36. The Kier molecular flexibility index (Phi) is 3.36. The van der Waals surface area contributed by atoms with Crippen LogP contribution in [0.4, 0.5) is 0 Å². The summed E-state index contributed by atoms with van der Waals surface area (Å²) in [6, 6.07) is 4.12. The third-order valence-electron chi connectivity index (χ3n) is 1.65. The van der Waals surface area contributed by atoms with Gasteiger partial charge >= 0.3 is 7.12 Å². The maximum atomic E-state index is 11.2. The summed E-state index contributed by atoms with van der Waals surface area (Å²) in [6.45, 7) is 0. The van der Waals surface area contributed by atoms with Crippen LogP contribution in [0.1, 0.15) is 0 Å². The van der Waals surface area contributed by atoms with Gasteiger partial charge in [-0.15, -0.1) is 0 Å². The van der Waals surface area contributed by atoms with E-state index in [9.17, 15) is 8.42 Å². The summed E-state index contributed by atoms with van der Waals surface area (Å²) in [4.78, 5) is 0.0445. The van der Waals surface area contributed by atoms with Crippen LogP contribution in [0.3, 0.4) is 0 Å². The smallest absolute Gasteiger partial charge is 0.423 e. The number of hydrogen-bond acceptors (Lipinski definition) is 4. The van der Waals surface area contributed by atoms with E-state index in [0.29, 0.717) is 4.47 Å². The van der Waals surface area contributed by atoms with Gasteiger partial charge in [-0.2, -0.15) is 0 Å². The maximum absolute atomic E-state index is 11.2. The highest BCUT2D eigenvalue weighted by atomic mass is 79.9. The second kappa shape index (κ2) is 4.02. The van der Waals surface area contributed by atoms with Gasteiger partial charge < -0.3 is 10.0 Å². The van der Waals surface area contributed by atoms with Crippen LogP contribution in [-0.2, 0) is 9.84 Å². The van der Waals surface area contributed by atoms with Crippen molar-refractivity contribution < 1.29 is 18.5 Å². The molecule has 0 aliphatic heterocycles. The fourth-order valence-corrected chi connectivity index (χ4v) is 2.87. The summed E-state index contributed by atoms with van der Waals surface area (Å²) in [6.07, 6.45) is 1.06. The van der Waals surface area contributed by atoms with Crippen molar-refractivity contribution in [3.05, 3.63) is 22.7 Å². The Bertz CT molecular complexity index is 443. The molecule has 1 rings (SSSR count). The maximum Gasteiger partial charge on any atom is 0.488 e. The lowest BCUT2D eigenvalue weighted by atomic mass is 9.80. The number of halogens is 1. The van der Waals surface area contributed by atoms with Gasteiger partial charge in [0.1, 0.15) is 0 Å². The average Bonchev–Trinajstić information content (AvgIpc) is 2.02. The number of benzene rings is 1. The minimum Gasteiger partial charge on any atom is -0.423 e. The zero-order valence-corrected chi connectivity index (χ0v) is 9.71. The lowest BCUT2D eigenvalue weighted by molar-refractivity contribution is 0.425. The average molecular weight is 279 g/mol. The molecule has 0 saturated heterocycles. The molecule has 1 aromatic carbocycles. The molecular weight excluding hydrogens is 271 g/mol. The highest BCUT2D eigenvalue weighted by Crippen LogP contribution is 2.19. The van der Waals surface area contributed by atoms with E-state index in [1.165, 1.54) is 18.2 Å². The molecule has 0 atom stereocenters. The number of rotatable bonds is 2. The van der Waals surface area contributed by atoms with E-state index in [4.69, 9.17) is 10.0 Å². The van der Waals surface area contributed by atoms with E-state index in [-0.39, 0.29) is 10.4 Å². The molecule has 0 unspecified atom stereocenters. The molecule has 0 bridgehead atoms. The number of hydrogen-bond donors (Lipinski definition) is 2. The van der Waals surface area contributed by atoms with Crippen molar-refractivity contribution in [1.29, 1.82) is 0 Å². The third-order valence-corrected chi connectivity index (χ3v) is 3.74. The molecule has 1 aromatic rings. The van der Waals surface area contributed by atoms with Crippen LogP contribution in [0.15, 0.2) is 27.6 Å². The molecule has 0 heterocycles. The lowest BCUT2D eigenvalue weighted by Crippen LogP contribution is -2.30. The lowest BCUT2D eigenvalue weighted by Gasteiger charge is -2.05. The summed E-state index contributed by atoms with van der Waals surface area (Å²) in [5.74, 6) is 0. The van der Waals surface area contributed by atoms with Crippen LogP contribution < -0.4 is 5.46 Å². The highest BCUT2D eigenvalue weighted by Gasteiger charge is 2.17. The molecule has 0 aromatic heterocycles. The zero-order valence-electron chi connectivity index (χ0n) is 7.31. The summed E-state index contributed by atoms with van der Waals surface area (Å²) in [5, 5.41) is 17.7. The monoisotopic (exact) mass is 278 g/mol. The Labute approximate surface area is 90.8 Å². The summed E-state index contributed by atoms with van der Waals surface area (Å²) in [7, 11) is -5.02. The minimum absolute atomic E-state index is 0.0445. The molecule has 14 heavy (non-hydrogen) atoms. The second-order valence-corrected chi connectivity index (χ2v) is 5.67. The summed E-state index contributed by atoms with van der Waals surface area (Å²) < 4.78 is 22.9. The minimum atomic E-state index is -3.36. The fraction of sp³-hybridized carbons (Fsp3) is 0.143. The van der Waals surface area contributed by atoms with Crippen molar-refractivity contribution >= 4 is 38.3 Å². The Morgan fingerprint density at radius 1 is 1.36 bits per heavy atom. The van der Waals surface area contributed by atoms with E-state index in [1.54, 1.807) is 0 Å². The molecule has 0 saturated carbocycles. The van der Waals surface area contributed by atoms with Crippen molar-refractivity contribution in [1.82, 2.24) is 0 Å². The van der Waals surface area contributed by atoms with E-state index >= 15 is 0 Å². The molecule has 0 amide bonds. The Morgan fingerprint density at radius 3 is 2.36 bits per heavy atom. The van der Waals surface area contributed by atoms with Crippen molar-refractivity contribution in [2.45, 2.75) is 4.90 Å². The van der Waals surface area contributed by atoms with Crippen LogP contribution in [0, 0.1) is 0 Å². The van der Waals surface area contributed by atoms with Crippen molar-refractivity contribution in [3.63, 3.8) is 0 Å². The molecule has 4 nitrogen and oxygen atoms in total. The molecule has 76 valence electrons. The Balaban J connectivity index is 3.37. The highest BCUT2D eigenvalue weighted by molar-refractivity contribution is 9.10. The van der Waals surface area contributed by atoms with Gasteiger partial charge in [0.25, 0.3) is 0 Å². The molecule has 0 aliphatic carbocycles. The van der Waals surface area contributed by atoms with Gasteiger partial charge in [0.2, 0.25) is 0 Å². The van der Waals surface area contributed by atoms with E-state index in [0.717, 1.165) is 6.26 Å². The van der Waals surface area contributed by atoms with Crippen molar-refractivity contribution in [2.24, 2.45) is 0 Å². The van der Waals surface area contributed by atoms with Crippen molar-refractivity contribution in [3.8, 4) is 0 Å². The number of sulfone groups is 1. The van der Waals surface area contributed by atoms with E-state index in [2.05, 4.69) is 15.9 Å². The first kappa shape index (κ1) is 11.7. The topological polar surface area (TPSA) is 74.6 Å². The molecule has 7 heteroatoms. The zero-order chi connectivity index (χ0) is 10.9. The third kappa shape index (κ3) is 2.57. The van der Waals surface area contributed by atoms with Gasteiger partial charge in [-0.05, 0) is 33.5 Å². The summed E-state index contributed by atoms with van der Waals surface area (Å²) >= 11 is 3.07. The van der Waals surface area contributed by atoms with Crippen LogP contribution in [0.25, 0.3) is 0 Å². The van der Waals surface area contributed by atoms with Crippen molar-refractivity contribution in [2.75, 3.05) is 6.26 Å². The molecule has 0 fully saturated rings. The predicted octanol–water partition coefficient (Wildman–Crippen LogP) is -0.468. The normalized spacial score (nSPS) is 11.4. The second-order valence-electron chi connectivity index (χ2n) is 2.84. The Hall–Kier alpha value is -0.365. The molecular formula is C7H8BBrO4S.